The van der Waals surface area contributed by atoms with Crippen molar-refractivity contribution in [1.29, 1.82) is 5.26 Å². The lowest BCUT2D eigenvalue weighted by atomic mass is 10.0. The largest absolute Gasteiger partial charge is 0.477 e. The van der Waals surface area contributed by atoms with Crippen molar-refractivity contribution in [3.63, 3.8) is 0 Å². The van der Waals surface area contributed by atoms with Crippen molar-refractivity contribution in [2.75, 3.05) is 0 Å². The van der Waals surface area contributed by atoms with Crippen LogP contribution < -0.4 is 0 Å². The Labute approximate surface area is 94.8 Å². The normalized spacial score (nSPS) is 9.50. The van der Waals surface area contributed by atoms with Crippen molar-refractivity contribution in [3.8, 4) is 6.07 Å². The van der Waals surface area contributed by atoms with Crippen LogP contribution in [0.4, 0.5) is 5.69 Å². The molecule has 1 rings (SSSR count). The smallest absolute Gasteiger partial charge is 0.342 e. The van der Waals surface area contributed by atoms with Crippen LogP contribution in [0.1, 0.15) is 21.5 Å². The van der Waals surface area contributed by atoms with Crippen molar-refractivity contribution in [3.05, 3.63) is 38.9 Å². The summed E-state index contributed by atoms with van der Waals surface area (Å²) in [4.78, 5) is 20.5. The van der Waals surface area contributed by atoms with Crippen LogP contribution in [0, 0.1) is 21.4 Å². The number of nitrogens with zero attached hydrogens (tertiary/aromatic N) is 2. The number of hydrogen-bond acceptors (Lipinski definition) is 4. The number of rotatable bonds is 3. The first kappa shape index (κ1) is 11.9. The Kier molecular flexibility index (Phi) is 3.43. The summed E-state index contributed by atoms with van der Waals surface area (Å²) < 4.78 is 0. The number of alkyl halides is 1. The number of halogens is 1. The number of benzene rings is 1. The number of nitriles is 1. The molecular formula is C9H5ClN2O4. The zero-order valence-corrected chi connectivity index (χ0v) is 8.56. The quantitative estimate of drug-likeness (QED) is 0.494. The molecule has 0 aliphatic heterocycles. The van der Waals surface area contributed by atoms with E-state index in [0.717, 1.165) is 12.1 Å². The Morgan fingerprint density at radius 2 is 2.25 bits per heavy atom. The van der Waals surface area contributed by atoms with E-state index in [9.17, 15) is 14.9 Å². The van der Waals surface area contributed by atoms with E-state index in [1.807, 2.05) is 0 Å². The van der Waals surface area contributed by atoms with E-state index in [0.29, 0.717) is 0 Å². The van der Waals surface area contributed by atoms with E-state index in [1.165, 1.54) is 0 Å². The minimum atomic E-state index is -1.45. The van der Waals surface area contributed by atoms with Crippen LogP contribution in [0.3, 0.4) is 0 Å². The molecule has 0 aromatic heterocycles. The SMILES string of the molecule is N#Cc1cc(C(=O)O)c([N+](=O)[O-])cc1CCl. The average molecular weight is 241 g/mol. The molecule has 0 fully saturated rings. The van der Waals surface area contributed by atoms with E-state index < -0.39 is 22.1 Å². The van der Waals surface area contributed by atoms with Crippen LogP contribution in [0.25, 0.3) is 0 Å². The second kappa shape index (κ2) is 4.59. The van der Waals surface area contributed by atoms with Gasteiger partial charge in [-0.1, -0.05) is 0 Å². The summed E-state index contributed by atoms with van der Waals surface area (Å²) >= 11 is 5.50. The summed E-state index contributed by atoms with van der Waals surface area (Å²) in [5.74, 6) is -1.55. The molecule has 0 atom stereocenters. The second-order valence-corrected chi connectivity index (χ2v) is 3.10. The Morgan fingerprint density at radius 1 is 1.62 bits per heavy atom. The Balaban J connectivity index is 3.55. The maximum atomic E-state index is 10.7. The molecule has 0 saturated carbocycles. The third kappa shape index (κ3) is 2.10. The number of carboxylic acid groups (broad SMARTS) is 1. The van der Waals surface area contributed by atoms with E-state index in [-0.39, 0.29) is 17.0 Å². The van der Waals surface area contributed by atoms with Gasteiger partial charge >= 0.3 is 5.97 Å². The third-order valence-corrected chi connectivity index (χ3v) is 2.20. The van der Waals surface area contributed by atoms with Gasteiger partial charge in [0.25, 0.3) is 5.69 Å². The van der Waals surface area contributed by atoms with Crippen LogP contribution in [-0.4, -0.2) is 16.0 Å². The Morgan fingerprint density at radius 3 is 2.62 bits per heavy atom. The molecule has 0 radical (unpaired) electrons. The minimum absolute atomic E-state index is 0.0259. The number of nitro groups is 1. The van der Waals surface area contributed by atoms with Crippen LogP contribution >= 0.6 is 11.6 Å². The predicted molar refractivity (Wildman–Crippen MR) is 54.3 cm³/mol. The standard InChI is InChI=1S/C9H5ClN2O4/c10-3-5-2-8(12(15)16)7(9(13)14)1-6(5)4-11/h1-2H,3H2,(H,13,14). The van der Waals surface area contributed by atoms with Gasteiger partial charge in [0.1, 0.15) is 5.56 Å². The molecule has 0 bridgehead atoms. The second-order valence-electron chi connectivity index (χ2n) is 2.83. The average Bonchev–Trinajstić information content (AvgIpc) is 2.26. The number of aromatic carboxylic acids is 1. The van der Waals surface area contributed by atoms with Gasteiger partial charge in [-0.2, -0.15) is 5.26 Å². The fourth-order valence-electron chi connectivity index (χ4n) is 1.17. The van der Waals surface area contributed by atoms with Crippen molar-refractivity contribution in [2.24, 2.45) is 0 Å². The van der Waals surface area contributed by atoms with Crippen LogP contribution in [0.15, 0.2) is 12.1 Å². The monoisotopic (exact) mass is 240 g/mol. The van der Waals surface area contributed by atoms with E-state index in [4.69, 9.17) is 22.0 Å². The molecular weight excluding hydrogens is 236 g/mol. The molecule has 0 unspecified atom stereocenters. The molecule has 16 heavy (non-hydrogen) atoms. The Hall–Kier alpha value is -2.13. The molecule has 0 saturated heterocycles. The summed E-state index contributed by atoms with van der Waals surface area (Å²) in [6, 6.07) is 3.70. The molecule has 0 amide bonds. The highest BCUT2D eigenvalue weighted by Gasteiger charge is 2.22. The third-order valence-electron chi connectivity index (χ3n) is 1.91. The fourth-order valence-corrected chi connectivity index (χ4v) is 1.39. The summed E-state index contributed by atoms with van der Waals surface area (Å²) in [5.41, 5.74) is -0.823. The molecule has 6 nitrogen and oxygen atoms in total. The van der Waals surface area contributed by atoms with Gasteiger partial charge in [-0.25, -0.2) is 4.79 Å². The van der Waals surface area contributed by atoms with Crippen molar-refractivity contribution in [1.82, 2.24) is 0 Å². The molecule has 0 aliphatic carbocycles. The topological polar surface area (TPSA) is 104 Å². The van der Waals surface area contributed by atoms with E-state index in [2.05, 4.69) is 0 Å². The van der Waals surface area contributed by atoms with Gasteiger partial charge in [0.05, 0.1) is 16.6 Å². The van der Waals surface area contributed by atoms with E-state index in [1.54, 1.807) is 6.07 Å². The highest BCUT2D eigenvalue weighted by atomic mass is 35.5. The zero-order valence-electron chi connectivity index (χ0n) is 7.81. The first-order valence-electron chi connectivity index (χ1n) is 4.02. The molecule has 0 heterocycles. The lowest BCUT2D eigenvalue weighted by Crippen LogP contribution is -2.05. The molecule has 7 heteroatoms. The lowest BCUT2D eigenvalue weighted by molar-refractivity contribution is -0.385. The number of nitro benzene ring substituents is 1. The molecule has 1 aromatic carbocycles. The van der Waals surface area contributed by atoms with Gasteiger partial charge in [-0.05, 0) is 11.6 Å². The van der Waals surface area contributed by atoms with Crippen molar-refractivity contribution in [2.45, 2.75) is 5.88 Å². The fraction of sp³-hybridized carbons (Fsp3) is 0.111. The highest BCUT2D eigenvalue weighted by Crippen LogP contribution is 2.24. The van der Waals surface area contributed by atoms with Gasteiger partial charge in [-0.3, -0.25) is 10.1 Å². The first-order valence-corrected chi connectivity index (χ1v) is 4.55. The molecule has 1 N–H and O–H groups in total. The maximum Gasteiger partial charge on any atom is 0.342 e. The molecule has 0 aliphatic rings. The van der Waals surface area contributed by atoms with Gasteiger partial charge in [0.15, 0.2) is 0 Å². The summed E-state index contributed by atoms with van der Waals surface area (Å²) in [7, 11) is 0. The summed E-state index contributed by atoms with van der Waals surface area (Å²) in [5, 5.41) is 28.1. The van der Waals surface area contributed by atoms with E-state index >= 15 is 0 Å². The number of carbonyl (C=O) groups is 1. The van der Waals surface area contributed by atoms with Gasteiger partial charge < -0.3 is 5.11 Å². The van der Waals surface area contributed by atoms with Gasteiger partial charge in [0, 0.05) is 11.9 Å². The number of carboxylic acids is 1. The Bertz CT molecular complexity index is 507. The lowest BCUT2D eigenvalue weighted by Gasteiger charge is -2.02. The van der Waals surface area contributed by atoms with Crippen LogP contribution in [0.2, 0.25) is 0 Å². The molecule has 0 spiro atoms. The minimum Gasteiger partial charge on any atom is -0.477 e. The van der Waals surface area contributed by atoms with Gasteiger partial charge in [0.2, 0.25) is 0 Å². The van der Waals surface area contributed by atoms with Crippen molar-refractivity contribution < 1.29 is 14.8 Å². The predicted octanol–water partition coefficient (Wildman–Crippen LogP) is 1.90. The first-order chi connectivity index (χ1) is 7.51. The summed E-state index contributed by atoms with van der Waals surface area (Å²) in [6.07, 6.45) is 0. The number of hydrogen-bond donors (Lipinski definition) is 1. The van der Waals surface area contributed by atoms with Gasteiger partial charge in [-0.15, -0.1) is 11.6 Å². The molecule has 82 valence electrons. The zero-order chi connectivity index (χ0) is 12.3. The highest BCUT2D eigenvalue weighted by molar-refractivity contribution is 6.17. The maximum absolute atomic E-state index is 10.7. The van der Waals surface area contributed by atoms with Crippen molar-refractivity contribution >= 4 is 23.3 Å². The molecule has 1 aromatic rings. The van der Waals surface area contributed by atoms with Crippen LogP contribution in [0.5, 0.6) is 0 Å². The van der Waals surface area contributed by atoms with Crippen LogP contribution in [-0.2, 0) is 5.88 Å². The summed E-state index contributed by atoms with van der Waals surface area (Å²) in [6.45, 7) is 0.